The lowest BCUT2D eigenvalue weighted by atomic mass is 10.2. The Morgan fingerprint density at radius 1 is 0.968 bits per heavy atom. The van der Waals surface area contributed by atoms with Gasteiger partial charge < -0.3 is 10.2 Å². The highest BCUT2D eigenvalue weighted by molar-refractivity contribution is 7.89. The largest absolute Gasteiger partial charge is 0.320 e. The number of rotatable bonds is 5. The molecule has 0 spiro atoms. The van der Waals surface area contributed by atoms with Crippen LogP contribution in [-0.4, -0.2) is 44.2 Å². The number of piperidine rings is 1. The molecule has 2 aromatic rings. The summed E-state index contributed by atoms with van der Waals surface area (Å²) in [7, 11) is -3.69. The van der Waals surface area contributed by atoms with E-state index in [1.54, 1.807) is 29.2 Å². The third-order valence-corrected chi connectivity index (χ3v) is 7.88. The van der Waals surface area contributed by atoms with Crippen LogP contribution in [0.1, 0.15) is 42.5 Å². The Kier molecular flexibility index (Phi) is 6.31. The van der Waals surface area contributed by atoms with Gasteiger partial charge in [0, 0.05) is 26.1 Å². The topological polar surface area (TPSA) is 86.8 Å². The summed E-state index contributed by atoms with van der Waals surface area (Å²) in [6.07, 6.45) is 3.91. The molecule has 31 heavy (non-hydrogen) atoms. The highest BCUT2D eigenvalue weighted by Crippen LogP contribution is 2.31. The van der Waals surface area contributed by atoms with Crippen LogP contribution < -0.4 is 10.2 Å². The van der Waals surface area contributed by atoms with E-state index in [2.05, 4.69) is 5.32 Å². The van der Waals surface area contributed by atoms with Crippen LogP contribution in [0.25, 0.3) is 0 Å². The maximum absolute atomic E-state index is 13.0. The number of hydrogen-bond donors (Lipinski definition) is 1. The SMILES string of the molecule is O=C(Nc1ccccc1N1CCCC1=O)c1cc(S(=O)(=O)N2CCCCC2)ccc1Cl. The molecule has 2 heterocycles. The maximum Gasteiger partial charge on any atom is 0.257 e. The summed E-state index contributed by atoms with van der Waals surface area (Å²) in [5, 5.41) is 2.95. The van der Waals surface area contributed by atoms with Crippen molar-refractivity contribution in [3.8, 4) is 0 Å². The zero-order chi connectivity index (χ0) is 22.0. The molecule has 164 valence electrons. The lowest BCUT2D eigenvalue weighted by molar-refractivity contribution is -0.117. The average Bonchev–Trinajstić information content (AvgIpc) is 3.20. The molecule has 0 aliphatic carbocycles. The summed E-state index contributed by atoms with van der Waals surface area (Å²) in [6.45, 7) is 1.55. The normalized spacial score (nSPS) is 17.7. The van der Waals surface area contributed by atoms with Crippen LogP contribution in [0.5, 0.6) is 0 Å². The summed E-state index contributed by atoms with van der Waals surface area (Å²) in [5.41, 5.74) is 1.16. The fourth-order valence-corrected chi connectivity index (χ4v) is 5.75. The number of anilines is 2. The molecule has 2 aliphatic heterocycles. The molecule has 2 fully saturated rings. The Labute approximate surface area is 187 Å². The van der Waals surface area contributed by atoms with Crippen molar-refractivity contribution in [1.82, 2.24) is 4.31 Å². The number of carbonyl (C=O) groups is 2. The molecule has 0 saturated carbocycles. The van der Waals surface area contributed by atoms with Gasteiger partial charge in [0.25, 0.3) is 5.91 Å². The van der Waals surface area contributed by atoms with E-state index in [1.807, 2.05) is 0 Å². The highest BCUT2D eigenvalue weighted by Gasteiger charge is 2.28. The second kappa shape index (κ2) is 8.98. The van der Waals surface area contributed by atoms with E-state index in [-0.39, 0.29) is 21.4 Å². The van der Waals surface area contributed by atoms with Gasteiger partial charge >= 0.3 is 0 Å². The van der Waals surface area contributed by atoms with Gasteiger partial charge in [-0.3, -0.25) is 9.59 Å². The van der Waals surface area contributed by atoms with E-state index in [9.17, 15) is 18.0 Å². The number of para-hydroxylation sites is 2. The summed E-state index contributed by atoms with van der Waals surface area (Å²) in [4.78, 5) is 26.9. The summed E-state index contributed by atoms with van der Waals surface area (Å²) in [6, 6.07) is 11.2. The van der Waals surface area contributed by atoms with Gasteiger partial charge in [-0.05, 0) is 49.6 Å². The number of halogens is 1. The zero-order valence-electron chi connectivity index (χ0n) is 17.0. The van der Waals surface area contributed by atoms with Crippen LogP contribution in [0.4, 0.5) is 11.4 Å². The number of nitrogens with zero attached hydrogens (tertiary/aromatic N) is 2. The minimum atomic E-state index is -3.69. The molecule has 0 atom stereocenters. The van der Waals surface area contributed by atoms with Gasteiger partial charge in [0.15, 0.2) is 0 Å². The Morgan fingerprint density at radius 3 is 2.42 bits per heavy atom. The molecular formula is C22H24ClN3O4S. The predicted molar refractivity (Wildman–Crippen MR) is 120 cm³/mol. The fraction of sp³-hybridized carbons (Fsp3) is 0.364. The van der Waals surface area contributed by atoms with Crippen molar-refractivity contribution in [1.29, 1.82) is 0 Å². The third-order valence-electron chi connectivity index (χ3n) is 5.65. The molecule has 0 unspecified atom stereocenters. The van der Waals surface area contributed by atoms with Crippen LogP contribution in [0.2, 0.25) is 5.02 Å². The first-order valence-electron chi connectivity index (χ1n) is 10.4. The number of nitrogens with one attached hydrogen (secondary N) is 1. The van der Waals surface area contributed by atoms with E-state index in [1.165, 1.54) is 22.5 Å². The number of hydrogen-bond acceptors (Lipinski definition) is 4. The van der Waals surface area contributed by atoms with Crippen LogP contribution >= 0.6 is 11.6 Å². The first kappa shape index (κ1) is 21.8. The van der Waals surface area contributed by atoms with E-state index in [0.717, 1.165) is 25.7 Å². The first-order chi connectivity index (χ1) is 14.9. The van der Waals surface area contributed by atoms with Crippen molar-refractivity contribution in [2.45, 2.75) is 37.0 Å². The third kappa shape index (κ3) is 4.46. The Hall–Kier alpha value is -2.42. The van der Waals surface area contributed by atoms with Gasteiger partial charge in [-0.2, -0.15) is 4.31 Å². The summed E-state index contributed by atoms with van der Waals surface area (Å²) in [5.74, 6) is -0.519. The molecular weight excluding hydrogens is 438 g/mol. The lowest BCUT2D eigenvalue weighted by Gasteiger charge is -2.26. The Balaban J connectivity index is 1.62. The highest BCUT2D eigenvalue weighted by atomic mass is 35.5. The van der Waals surface area contributed by atoms with Crippen molar-refractivity contribution in [3.63, 3.8) is 0 Å². The van der Waals surface area contributed by atoms with Gasteiger partial charge in [0.1, 0.15) is 0 Å². The second-order valence-corrected chi connectivity index (χ2v) is 10.1. The maximum atomic E-state index is 13.0. The number of benzene rings is 2. The lowest BCUT2D eigenvalue weighted by Crippen LogP contribution is -2.35. The van der Waals surface area contributed by atoms with Gasteiger partial charge in [-0.25, -0.2) is 8.42 Å². The smallest absolute Gasteiger partial charge is 0.257 e. The van der Waals surface area contributed by atoms with Gasteiger partial charge in [0.05, 0.1) is 26.9 Å². The molecule has 0 bridgehead atoms. The molecule has 2 aliphatic rings. The van der Waals surface area contributed by atoms with Crippen LogP contribution in [0.3, 0.4) is 0 Å². The number of sulfonamides is 1. The molecule has 2 aromatic carbocycles. The zero-order valence-corrected chi connectivity index (χ0v) is 18.6. The molecule has 2 saturated heterocycles. The summed E-state index contributed by atoms with van der Waals surface area (Å²) >= 11 is 6.25. The summed E-state index contributed by atoms with van der Waals surface area (Å²) < 4.78 is 27.5. The average molecular weight is 462 g/mol. The van der Waals surface area contributed by atoms with Crippen molar-refractivity contribution in [2.24, 2.45) is 0 Å². The van der Waals surface area contributed by atoms with E-state index < -0.39 is 15.9 Å². The van der Waals surface area contributed by atoms with E-state index in [0.29, 0.717) is 37.4 Å². The standard InChI is InChI=1S/C22H24ClN3O4S/c23-18-11-10-16(31(29,30)25-12-4-1-5-13-25)15-17(18)22(28)24-19-7-2-3-8-20(19)26-14-6-9-21(26)27/h2-3,7-8,10-11,15H,1,4-6,9,12-14H2,(H,24,28). The fourth-order valence-electron chi connectivity index (χ4n) is 4.00. The number of carbonyl (C=O) groups excluding carboxylic acids is 2. The molecule has 2 amide bonds. The van der Waals surface area contributed by atoms with Crippen LogP contribution in [0, 0.1) is 0 Å². The number of amides is 2. The minimum absolute atomic E-state index is 0.00866. The monoisotopic (exact) mass is 461 g/mol. The molecule has 4 rings (SSSR count). The molecule has 7 nitrogen and oxygen atoms in total. The van der Waals surface area contributed by atoms with Gasteiger partial charge in [-0.15, -0.1) is 0 Å². The van der Waals surface area contributed by atoms with Crippen molar-refractivity contribution in [2.75, 3.05) is 29.9 Å². The molecule has 9 heteroatoms. The molecule has 0 radical (unpaired) electrons. The molecule has 0 aromatic heterocycles. The Morgan fingerprint density at radius 2 is 1.71 bits per heavy atom. The van der Waals surface area contributed by atoms with Crippen molar-refractivity contribution in [3.05, 3.63) is 53.1 Å². The van der Waals surface area contributed by atoms with Gasteiger partial charge in [-0.1, -0.05) is 30.2 Å². The van der Waals surface area contributed by atoms with Crippen LogP contribution in [0.15, 0.2) is 47.4 Å². The van der Waals surface area contributed by atoms with Crippen LogP contribution in [-0.2, 0) is 14.8 Å². The van der Waals surface area contributed by atoms with Crippen molar-refractivity contribution < 1.29 is 18.0 Å². The molecule has 1 N–H and O–H groups in total. The van der Waals surface area contributed by atoms with Crippen molar-refractivity contribution >= 4 is 44.8 Å². The van der Waals surface area contributed by atoms with Gasteiger partial charge in [0.2, 0.25) is 15.9 Å². The second-order valence-electron chi connectivity index (χ2n) is 7.73. The van der Waals surface area contributed by atoms with E-state index >= 15 is 0 Å². The predicted octanol–water partition coefficient (Wildman–Crippen LogP) is 3.89. The quantitative estimate of drug-likeness (QED) is 0.731. The first-order valence-corrected chi connectivity index (χ1v) is 12.2. The minimum Gasteiger partial charge on any atom is -0.320 e. The van der Waals surface area contributed by atoms with E-state index in [4.69, 9.17) is 11.6 Å². The Bertz CT molecular complexity index is 1110.